The number of aliphatic carboxylic acids is 1. The van der Waals surface area contributed by atoms with E-state index in [1.807, 2.05) is 0 Å². The average Bonchev–Trinajstić information content (AvgIpc) is 3.29. The summed E-state index contributed by atoms with van der Waals surface area (Å²) in [6.07, 6.45) is 1.06. The van der Waals surface area contributed by atoms with Crippen LogP contribution in [-0.4, -0.2) is 84.8 Å². The van der Waals surface area contributed by atoms with Gasteiger partial charge in [0.1, 0.15) is 0 Å². The first-order valence-corrected chi connectivity index (χ1v) is 10.7. The number of piperidine rings is 1. The van der Waals surface area contributed by atoms with Crippen LogP contribution in [0.5, 0.6) is 0 Å². The molecule has 4 heterocycles. The van der Waals surface area contributed by atoms with Crippen molar-refractivity contribution >= 4 is 11.9 Å². The topological polar surface area (TPSA) is 114 Å². The number of hydrogen-bond donors (Lipinski definition) is 2. The molecule has 0 bridgehead atoms. The molecule has 0 unspecified atom stereocenters. The number of carbonyl (C=O) groups is 2. The number of hydrogen-bond acceptors (Lipinski definition) is 7. The number of rotatable bonds is 4. The lowest BCUT2D eigenvalue weighted by atomic mass is 9.84. The Balaban J connectivity index is 0.000000360. The monoisotopic (exact) mass is 463 g/mol. The van der Waals surface area contributed by atoms with Crippen molar-refractivity contribution in [2.45, 2.75) is 44.0 Å². The molecule has 1 aromatic rings. The third-order valence-corrected chi connectivity index (χ3v) is 5.92. The average molecular weight is 463 g/mol. The number of carboxylic acid groups (broad SMARTS) is 1. The Morgan fingerprint density at radius 2 is 1.91 bits per heavy atom. The number of nitrogens with zero attached hydrogens (tertiary/aromatic N) is 2. The predicted octanol–water partition coefficient (Wildman–Crippen LogP) is 1.94. The molecule has 0 radical (unpaired) electrons. The van der Waals surface area contributed by atoms with Crippen molar-refractivity contribution in [1.82, 2.24) is 15.4 Å². The highest BCUT2D eigenvalue weighted by atomic mass is 19.4. The maximum absolute atomic E-state index is 12.4. The fraction of sp³-hybridized carbons (Fsp3) is 0.750. The van der Waals surface area contributed by atoms with Crippen LogP contribution >= 0.6 is 0 Å². The van der Waals surface area contributed by atoms with Gasteiger partial charge in [-0.1, -0.05) is 5.16 Å². The molecule has 3 atom stereocenters. The molecule has 4 rings (SSSR count). The number of alkyl halides is 3. The van der Waals surface area contributed by atoms with Crippen LogP contribution in [0.1, 0.15) is 36.2 Å². The summed E-state index contributed by atoms with van der Waals surface area (Å²) in [5.41, 5.74) is 0. The minimum absolute atomic E-state index is 0.00325. The number of carbonyl (C=O) groups excluding carboxylic acids is 1. The second-order valence-electron chi connectivity index (χ2n) is 8.27. The first kappa shape index (κ1) is 24.5. The smallest absolute Gasteiger partial charge is 0.475 e. The molecule has 0 aromatic carbocycles. The van der Waals surface area contributed by atoms with E-state index in [4.69, 9.17) is 23.9 Å². The zero-order valence-corrected chi connectivity index (χ0v) is 17.6. The molecule has 0 aliphatic carbocycles. The maximum Gasteiger partial charge on any atom is 0.490 e. The van der Waals surface area contributed by atoms with Gasteiger partial charge >= 0.3 is 12.1 Å². The first-order chi connectivity index (χ1) is 15.2. The number of amides is 1. The third kappa shape index (κ3) is 6.91. The summed E-state index contributed by atoms with van der Waals surface area (Å²) in [6, 6.07) is 1.59. The number of ether oxygens (including phenoxy) is 2. The van der Waals surface area contributed by atoms with E-state index >= 15 is 0 Å². The van der Waals surface area contributed by atoms with Crippen molar-refractivity contribution in [3.63, 3.8) is 0 Å². The molecule has 1 amide bonds. The van der Waals surface area contributed by atoms with Gasteiger partial charge in [0, 0.05) is 45.5 Å². The van der Waals surface area contributed by atoms with E-state index < -0.39 is 12.1 Å². The molecular formula is C20H28F3N3O6. The Hall–Kier alpha value is -2.18. The highest BCUT2D eigenvalue weighted by Crippen LogP contribution is 2.30. The van der Waals surface area contributed by atoms with Crippen molar-refractivity contribution in [3.05, 3.63) is 18.0 Å². The highest BCUT2D eigenvalue weighted by Gasteiger charge is 2.41. The zero-order valence-electron chi connectivity index (χ0n) is 17.6. The van der Waals surface area contributed by atoms with Crippen LogP contribution in [0.15, 0.2) is 16.8 Å². The zero-order chi connectivity index (χ0) is 23.1. The van der Waals surface area contributed by atoms with E-state index in [1.54, 1.807) is 6.07 Å². The number of aromatic nitrogens is 1. The molecule has 3 aliphatic heterocycles. The van der Waals surface area contributed by atoms with E-state index in [9.17, 15) is 18.0 Å². The fourth-order valence-electron chi connectivity index (χ4n) is 4.44. The second kappa shape index (κ2) is 11.1. The minimum atomic E-state index is -5.08. The summed E-state index contributed by atoms with van der Waals surface area (Å²) >= 11 is 0. The van der Waals surface area contributed by atoms with Crippen molar-refractivity contribution in [2.75, 3.05) is 39.5 Å². The number of carboxylic acids is 1. The Bertz CT molecular complexity index is 737. The molecule has 32 heavy (non-hydrogen) atoms. The highest BCUT2D eigenvalue weighted by molar-refractivity contribution is 5.91. The number of fused-ring (bicyclic) bond motifs is 1. The van der Waals surface area contributed by atoms with Crippen molar-refractivity contribution in [3.8, 4) is 0 Å². The molecule has 180 valence electrons. The number of halogens is 3. The summed E-state index contributed by atoms with van der Waals surface area (Å²) in [4.78, 5) is 23.8. The molecule has 0 saturated carbocycles. The van der Waals surface area contributed by atoms with Crippen LogP contribution in [0, 0.1) is 11.8 Å². The van der Waals surface area contributed by atoms with Gasteiger partial charge in [-0.3, -0.25) is 4.79 Å². The Morgan fingerprint density at radius 3 is 2.53 bits per heavy atom. The maximum atomic E-state index is 12.4. The van der Waals surface area contributed by atoms with Gasteiger partial charge in [-0.25, -0.2) is 4.79 Å². The first-order valence-electron chi connectivity index (χ1n) is 10.7. The van der Waals surface area contributed by atoms with Crippen molar-refractivity contribution in [1.29, 1.82) is 0 Å². The largest absolute Gasteiger partial charge is 0.490 e. The van der Waals surface area contributed by atoms with Crippen LogP contribution in [0.2, 0.25) is 0 Å². The Morgan fingerprint density at radius 1 is 1.19 bits per heavy atom. The normalized spacial score (nSPS) is 27.0. The SMILES string of the molecule is O=C(N[C@@H]1CN(CC2CCOCC2)C[C@@H]2CCCO[C@@H]21)c1ccno1.O=C(O)C(F)(F)F. The quantitative estimate of drug-likeness (QED) is 0.697. The number of likely N-dealkylation sites (tertiary alicyclic amines) is 1. The van der Waals surface area contributed by atoms with Gasteiger partial charge < -0.3 is 29.3 Å². The Labute approximate surface area is 183 Å². The molecule has 0 spiro atoms. The minimum Gasteiger partial charge on any atom is -0.475 e. The standard InChI is InChI=1S/C18H27N3O4.C2HF3O2/c22-18(16-3-6-19-25-16)20-15-12-21(10-13-4-8-23-9-5-13)11-14-2-1-7-24-17(14)15;3-2(4,5)1(6)7/h3,6,13-15,17H,1-2,4-5,7-12H2,(H,20,22);(H,6,7)/t14-,15+,17-;/m0./s1. The number of nitrogens with one attached hydrogen (secondary N) is 1. The summed E-state index contributed by atoms with van der Waals surface area (Å²) in [6.45, 7) is 5.52. The molecule has 3 fully saturated rings. The summed E-state index contributed by atoms with van der Waals surface area (Å²) in [5.74, 6) is -1.52. The lowest BCUT2D eigenvalue weighted by molar-refractivity contribution is -0.192. The van der Waals surface area contributed by atoms with Gasteiger partial charge in [-0.05, 0) is 37.5 Å². The van der Waals surface area contributed by atoms with E-state index in [0.29, 0.717) is 11.8 Å². The van der Waals surface area contributed by atoms with E-state index in [-0.39, 0.29) is 23.8 Å². The molecule has 12 heteroatoms. The van der Waals surface area contributed by atoms with E-state index in [2.05, 4.69) is 15.4 Å². The predicted molar refractivity (Wildman–Crippen MR) is 104 cm³/mol. The van der Waals surface area contributed by atoms with Gasteiger partial charge in [-0.15, -0.1) is 0 Å². The lowest BCUT2D eigenvalue weighted by Crippen LogP contribution is -2.61. The van der Waals surface area contributed by atoms with Crippen LogP contribution < -0.4 is 5.32 Å². The summed E-state index contributed by atoms with van der Waals surface area (Å²) in [5, 5.41) is 13.9. The van der Waals surface area contributed by atoms with Gasteiger partial charge in [-0.2, -0.15) is 13.2 Å². The Kier molecular flexibility index (Phi) is 8.49. The van der Waals surface area contributed by atoms with Crippen LogP contribution in [-0.2, 0) is 14.3 Å². The third-order valence-electron chi connectivity index (χ3n) is 5.92. The van der Waals surface area contributed by atoms with E-state index in [0.717, 1.165) is 58.7 Å². The summed E-state index contributed by atoms with van der Waals surface area (Å²) < 4.78 is 48.2. The molecular weight excluding hydrogens is 435 g/mol. The van der Waals surface area contributed by atoms with Crippen molar-refractivity contribution < 1.29 is 41.9 Å². The van der Waals surface area contributed by atoms with Crippen LogP contribution in [0.3, 0.4) is 0 Å². The van der Waals surface area contributed by atoms with Crippen molar-refractivity contribution in [2.24, 2.45) is 11.8 Å². The molecule has 3 saturated heterocycles. The van der Waals surface area contributed by atoms with Gasteiger partial charge in [0.15, 0.2) is 0 Å². The van der Waals surface area contributed by atoms with Gasteiger partial charge in [0.05, 0.1) is 18.3 Å². The molecule has 2 N–H and O–H groups in total. The summed E-state index contributed by atoms with van der Waals surface area (Å²) in [7, 11) is 0. The fourth-order valence-corrected chi connectivity index (χ4v) is 4.44. The van der Waals surface area contributed by atoms with E-state index in [1.165, 1.54) is 12.6 Å². The van der Waals surface area contributed by atoms with Crippen LogP contribution in [0.25, 0.3) is 0 Å². The lowest BCUT2D eigenvalue weighted by Gasteiger charge is -2.46. The molecule has 1 aromatic heterocycles. The molecule has 9 nitrogen and oxygen atoms in total. The van der Waals surface area contributed by atoms with Crippen LogP contribution in [0.4, 0.5) is 13.2 Å². The molecule has 3 aliphatic rings. The van der Waals surface area contributed by atoms with Gasteiger partial charge in [0.25, 0.3) is 5.91 Å². The van der Waals surface area contributed by atoms with Gasteiger partial charge in [0.2, 0.25) is 5.76 Å². The second-order valence-corrected chi connectivity index (χ2v) is 8.27.